The maximum absolute atomic E-state index is 12.4. The molecule has 65 valence electrons. The third-order valence-corrected chi connectivity index (χ3v) is 2.96. The van der Waals surface area contributed by atoms with E-state index in [9.17, 15) is 12.9 Å². The Morgan fingerprint density at radius 1 is 1.33 bits per heavy atom. The first-order valence-corrected chi connectivity index (χ1v) is 3.83. The van der Waals surface area contributed by atoms with Gasteiger partial charge in [0, 0.05) is 64.6 Å². The number of halogens is 3. The molecule has 2 aliphatic rings. The van der Waals surface area contributed by atoms with Gasteiger partial charge in [-0.05, 0) is 12.3 Å². The summed E-state index contributed by atoms with van der Waals surface area (Å²) in [5.74, 6) is -0.212. The van der Waals surface area contributed by atoms with Gasteiger partial charge in [-0.3, -0.25) is 0 Å². The molecule has 0 N–H and O–H groups in total. The fraction of sp³-hybridized carbons (Fsp3) is 1.00. The first-order chi connectivity index (χ1) is 5.06. The Morgan fingerprint density at radius 2 is 2.00 bits per heavy atom. The van der Waals surface area contributed by atoms with Crippen molar-refractivity contribution in [3.05, 3.63) is 0 Å². The maximum Gasteiger partial charge on any atom is 0.484 e. The molecule has 12 heavy (non-hydrogen) atoms. The van der Waals surface area contributed by atoms with Gasteiger partial charge in [0.15, 0.2) is 0 Å². The first kappa shape index (κ1) is 11.5. The van der Waals surface area contributed by atoms with Gasteiger partial charge >= 0.3 is 6.98 Å². The van der Waals surface area contributed by atoms with Crippen molar-refractivity contribution in [1.29, 1.82) is 0 Å². The summed E-state index contributed by atoms with van der Waals surface area (Å²) in [5.41, 5.74) is 0. The molecule has 0 aromatic carbocycles. The molecule has 1 saturated heterocycles. The molecule has 1 radical (unpaired) electrons. The smallest absolute Gasteiger partial charge is 0.449 e. The second-order valence-electron chi connectivity index (χ2n) is 3.53. The second kappa shape index (κ2) is 3.55. The van der Waals surface area contributed by atoms with Crippen LogP contribution in [0.4, 0.5) is 12.9 Å². The van der Waals surface area contributed by atoms with Crippen molar-refractivity contribution in [2.75, 3.05) is 13.2 Å². The number of fused-ring (bicyclic) bond motifs is 1. The van der Waals surface area contributed by atoms with E-state index in [1.165, 1.54) is 0 Å². The van der Waals surface area contributed by atoms with Gasteiger partial charge in [0.2, 0.25) is 0 Å². The molecule has 1 aliphatic carbocycles. The van der Waals surface area contributed by atoms with Crippen molar-refractivity contribution < 1.29 is 17.7 Å². The molecule has 0 spiro atoms. The molecule has 2 unspecified atom stereocenters. The fourth-order valence-electron chi connectivity index (χ4n) is 1.98. The van der Waals surface area contributed by atoms with Crippen LogP contribution in [0.5, 0.6) is 0 Å². The standard InChI is InChI=1S/C6H9BF3O.K/c8-7(9,10)6-1-2-11-4-5(6)3-6;/h5H,1-4H2;/q-1;. The molecule has 0 aromatic heterocycles. The number of hydrogen-bond acceptors (Lipinski definition) is 1. The Morgan fingerprint density at radius 3 is 2.42 bits per heavy atom. The minimum absolute atomic E-state index is 0. The van der Waals surface area contributed by atoms with Crippen molar-refractivity contribution in [2.24, 2.45) is 5.92 Å². The Kier molecular flexibility index (Phi) is 3.41. The third-order valence-electron chi connectivity index (χ3n) is 2.96. The van der Waals surface area contributed by atoms with E-state index in [2.05, 4.69) is 0 Å². The summed E-state index contributed by atoms with van der Waals surface area (Å²) in [6, 6.07) is 0. The van der Waals surface area contributed by atoms with Crippen molar-refractivity contribution in [3.8, 4) is 0 Å². The van der Waals surface area contributed by atoms with Crippen LogP contribution in [0.1, 0.15) is 12.8 Å². The molecule has 1 aliphatic heterocycles. The first-order valence-electron chi connectivity index (χ1n) is 3.83. The van der Waals surface area contributed by atoms with E-state index in [1.807, 2.05) is 0 Å². The average molecular weight is 204 g/mol. The van der Waals surface area contributed by atoms with E-state index in [0.29, 0.717) is 13.0 Å². The fourth-order valence-corrected chi connectivity index (χ4v) is 1.98. The molecule has 1 heterocycles. The summed E-state index contributed by atoms with van der Waals surface area (Å²) >= 11 is 0. The van der Waals surface area contributed by atoms with Gasteiger partial charge in [0.05, 0.1) is 0 Å². The second-order valence-corrected chi connectivity index (χ2v) is 3.53. The molecule has 0 bridgehead atoms. The van der Waals surface area contributed by atoms with Crippen LogP contribution in [0.3, 0.4) is 0 Å². The van der Waals surface area contributed by atoms with Crippen LogP contribution >= 0.6 is 0 Å². The van der Waals surface area contributed by atoms with E-state index in [0.717, 1.165) is 0 Å². The van der Waals surface area contributed by atoms with E-state index in [-0.39, 0.29) is 70.3 Å². The maximum atomic E-state index is 12.4. The van der Waals surface area contributed by atoms with E-state index < -0.39 is 12.3 Å². The van der Waals surface area contributed by atoms with Crippen molar-refractivity contribution >= 4 is 58.4 Å². The van der Waals surface area contributed by atoms with Crippen LogP contribution in [-0.2, 0) is 4.74 Å². The SMILES string of the molecule is F[B-](F)(F)C12CCOCC1C2.[K]. The quantitative estimate of drug-likeness (QED) is 0.590. The minimum Gasteiger partial charge on any atom is -0.449 e. The zero-order valence-corrected chi connectivity index (χ0v) is 10.1. The van der Waals surface area contributed by atoms with Crippen molar-refractivity contribution in [3.63, 3.8) is 0 Å². The molecule has 0 amide bonds. The summed E-state index contributed by atoms with van der Waals surface area (Å²) in [5, 5.41) is -1.28. The van der Waals surface area contributed by atoms with Crippen molar-refractivity contribution in [1.82, 2.24) is 0 Å². The summed E-state index contributed by atoms with van der Waals surface area (Å²) in [6.45, 7) is -4.01. The summed E-state index contributed by atoms with van der Waals surface area (Å²) < 4.78 is 42.1. The van der Waals surface area contributed by atoms with Gasteiger partial charge in [0.1, 0.15) is 0 Å². The van der Waals surface area contributed by atoms with Crippen molar-refractivity contribution in [2.45, 2.75) is 18.2 Å². The molecule has 1 saturated carbocycles. The van der Waals surface area contributed by atoms with Gasteiger partial charge in [-0.15, -0.1) is 0 Å². The normalized spacial score (nSPS) is 39.8. The van der Waals surface area contributed by atoms with Crippen LogP contribution in [0.25, 0.3) is 0 Å². The largest absolute Gasteiger partial charge is 0.484 e. The Balaban J connectivity index is 0.000000720. The molecule has 2 fully saturated rings. The molecule has 2 rings (SSSR count). The Bertz CT molecular complexity index is 186. The number of ether oxygens (including phenoxy) is 1. The van der Waals surface area contributed by atoms with Gasteiger partial charge in [0.25, 0.3) is 0 Å². The van der Waals surface area contributed by atoms with E-state index >= 15 is 0 Å². The average Bonchev–Trinajstić information content (AvgIpc) is 2.59. The Labute approximate surface area is 112 Å². The Hall–Kier alpha value is 1.45. The zero-order chi connectivity index (χ0) is 8.11. The van der Waals surface area contributed by atoms with Crippen LogP contribution in [-0.4, -0.2) is 71.6 Å². The third kappa shape index (κ3) is 1.66. The van der Waals surface area contributed by atoms with Gasteiger partial charge in [-0.2, -0.15) is 0 Å². The van der Waals surface area contributed by atoms with E-state index in [4.69, 9.17) is 4.74 Å². The van der Waals surface area contributed by atoms with Crippen LogP contribution in [0, 0.1) is 5.92 Å². The van der Waals surface area contributed by atoms with Crippen LogP contribution in [0.2, 0.25) is 5.31 Å². The number of hydrogen-bond donors (Lipinski definition) is 0. The summed E-state index contributed by atoms with van der Waals surface area (Å²) in [6.07, 6.45) is 0.512. The van der Waals surface area contributed by atoms with E-state index in [1.54, 1.807) is 0 Å². The van der Waals surface area contributed by atoms with Crippen LogP contribution in [0.15, 0.2) is 0 Å². The molecular formula is C6H9BF3KO-. The van der Waals surface area contributed by atoms with Gasteiger partial charge in [-0.25, -0.2) is 0 Å². The summed E-state index contributed by atoms with van der Waals surface area (Å²) in [7, 11) is 0. The summed E-state index contributed by atoms with van der Waals surface area (Å²) in [4.78, 5) is 0. The predicted octanol–water partition coefficient (Wildman–Crippen LogP) is 1.63. The molecular weight excluding hydrogens is 195 g/mol. The molecule has 0 aromatic rings. The topological polar surface area (TPSA) is 9.23 Å². The molecule has 1 nitrogen and oxygen atoms in total. The number of rotatable bonds is 1. The van der Waals surface area contributed by atoms with Gasteiger partial charge in [-0.1, -0.05) is 11.7 Å². The van der Waals surface area contributed by atoms with Gasteiger partial charge < -0.3 is 17.7 Å². The molecule has 2 atom stereocenters. The predicted molar refractivity (Wildman–Crippen MR) is 41.1 cm³/mol. The zero-order valence-electron chi connectivity index (χ0n) is 7.03. The van der Waals surface area contributed by atoms with Crippen LogP contribution < -0.4 is 0 Å². The minimum atomic E-state index is -4.62. The molecule has 6 heteroatoms. The monoisotopic (exact) mass is 204 g/mol.